The van der Waals surface area contributed by atoms with E-state index < -0.39 is 6.09 Å². The number of nitrogens with one attached hydrogen (secondary N) is 1. The van der Waals surface area contributed by atoms with Crippen LogP contribution in [-0.2, 0) is 4.74 Å². The van der Waals surface area contributed by atoms with E-state index in [4.69, 9.17) is 10.00 Å². The van der Waals surface area contributed by atoms with E-state index in [0.29, 0.717) is 18.0 Å². The van der Waals surface area contributed by atoms with Crippen LogP contribution < -0.4 is 5.32 Å². The lowest BCUT2D eigenvalue weighted by atomic mass is 9.98. The van der Waals surface area contributed by atoms with Gasteiger partial charge in [-0.2, -0.15) is 5.26 Å². The van der Waals surface area contributed by atoms with Crippen molar-refractivity contribution in [1.82, 2.24) is 5.32 Å². The van der Waals surface area contributed by atoms with Gasteiger partial charge in [-0.05, 0) is 40.5 Å². The zero-order chi connectivity index (χ0) is 19.3. The van der Waals surface area contributed by atoms with Crippen molar-refractivity contribution in [1.29, 1.82) is 5.26 Å². The molecule has 0 spiro atoms. The second-order valence-electron chi connectivity index (χ2n) is 6.42. The molecule has 3 aromatic rings. The number of nitriles is 1. The maximum Gasteiger partial charge on any atom is 0.407 e. The predicted molar refractivity (Wildman–Crippen MR) is 111 cm³/mol. The van der Waals surface area contributed by atoms with Crippen LogP contribution in [0.3, 0.4) is 0 Å². The predicted octanol–water partition coefficient (Wildman–Crippen LogP) is 5.17. The lowest BCUT2D eigenvalue weighted by Crippen LogP contribution is -2.26. The summed E-state index contributed by atoms with van der Waals surface area (Å²) in [5.41, 5.74) is 4.82. The van der Waals surface area contributed by atoms with Crippen molar-refractivity contribution < 1.29 is 9.53 Å². The van der Waals surface area contributed by atoms with Gasteiger partial charge in [0.15, 0.2) is 0 Å². The average Bonchev–Trinajstić information content (AvgIpc) is 3.32. The van der Waals surface area contributed by atoms with E-state index in [1.54, 1.807) is 6.07 Å². The zero-order valence-electron chi connectivity index (χ0n) is 15.1. The number of amides is 1. The van der Waals surface area contributed by atoms with Crippen LogP contribution in [0.15, 0.2) is 66.7 Å². The Labute approximate surface area is 167 Å². The standard InChI is InChI=1S/C23H18N2O2S/c24-14-17-12-11-16(28-17)6-5-13-25-23(26)27-15-22-20-9-3-1-7-18(20)19-8-2-4-10-21(19)22/h1-12,22H,13,15H2,(H,25,26). The molecule has 0 radical (unpaired) electrons. The number of carbonyl (C=O) groups is 1. The molecule has 4 rings (SSSR count). The van der Waals surface area contributed by atoms with Crippen molar-refractivity contribution >= 4 is 23.5 Å². The molecule has 0 saturated carbocycles. The molecule has 0 saturated heterocycles. The maximum absolute atomic E-state index is 12.1. The number of fused-ring (bicyclic) bond motifs is 3. The SMILES string of the molecule is N#Cc1ccc(C=CCNC(=O)OCC2c3ccccc3-c3ccccc32)s1. The fraction of sp³-hybridized carbons (Fsp3) is 0.130. The van der Waals surface area contributed by atoms with Gasteiger partial charge < -0.3 is 10.1 Å². The van der Waals surface area contributed by atoms with Crippen LogP contribution >= 0.6 is 11.3 Å². The van der Waals surface area contributed by atoms with Crippen LogP contribution in [0.4, 0.5) is 4.79 Å². The smallest absolute Gasteiger partial charge is 0.407 e. The first kappa shape index (κ1) is 18.0. The first-order chi connectivity index (χ1) is 13.8. The second-order valence-corrected chi connectivity index (χ2v) is 7.54. The molecule has 138 valence electrons. The minimum atomic E-state index is -0.435. The Kier molecular flexibility index (Phi) is 5.22. The summed E-state index contributed by atoms with van der Waals surface area (Å²) in [5.74, 6) is 0.0595. The molecule has 1 heterocycles. The molecule has 0 aliphatic heterocycles. The topological polar surface area (TPSA) is 62.1 Å². The molecule has 2 aromatic carbocycles. The van der Waals surface area contributed by atoms with Gasteiger partial charge in [-0.15, -0.1) is 11.3 Å². The summed E-state index contributed by atoms with van der Waals surface area (Å²) in [6.07, 6.45) is 3.29. The van der Waals surface area contributed by atoms with Crippen molar-refractivity contribution in [2.45, 2.75) is 5.92 Å². The molecule has 0 bridgehead atoms. The van der Waals surface area contributed by atoms with Crippen LogP contribution in [0.5, 0.6) is 0 Å². The molecule has 0 unspecified atom stereocenters. The minimum Gasteiger partial charge on any atom is -0.449 e. The highest BCUT2D eigenvalue weighted by atomic mass is 32.1. The highest BCUT2D eigenvalue weighted by Gasteiger charge is 2.28. The Morgan fingerprint density at radius 1 is 1.07 bits per heavy atom. The van der Waals surface area contributed by atoms with Crippen molar-refractivity contribution in [3.63, 3.8) is 0 Å². The summed E-state index contributed by atoms with van der Waals surface area (Å²) in [5, 5.41) is 11.6. The third kappa shape index (κ3) is 3.68. The Morgan fingerprint density at radius 2 is 1.75 bits per heavy atom. The lowest BCUT2D eigenvalue weighted by Gasteiger charge is -2.14. The first-order valence-corrected chi connectivity index (χ1v) is 9.83. The van der Waals surface area contributed by atoms with Crippen LogP contribution in [0, 0.1) is 11.3 Å². The summed E-state index contributed by atoms with van der Waals surface area (Å²) < 4.78 is 5.49. The Morgan fingerprint density at radius 3 is 2.39 bits per heavy atom. The number of alkyl carbamates (subject to hydrolysis) is 1. The highest BCUT2D eigenvalue weighted by molar-refractivity contribution is 7.13. The van der Waals surface area contributed by atoms with Gasteiger partial charge in [-0.1, -0.05) is 54.6 Å². The summed E-state index contributed by atoms with van der Waals surface area (Å²) in [6.45, 7) is 0.677. The van der Waals surface area contributed by atoms with Gasteiger partial charge in [0.1, 0.15) is 17.6 Å². The average molecular weight is 386 g/mol. The Hall–Kier alpha value is -3.36. The van der Waals surface area contributed by atoms with Crippen molar-refractivity contribution in [2.24, 2.45) is 0 Å². The van der Waals surface area contributed by atoms with E-state index in [2.05, 4.69) is 35.7 Å². The number of hydrogen-bond donors (Lipinski definition) is 1. The van der Waals surface area contributed by atoms with Gasteiger partial charge in [0.2, 0.25) is 0 Å². The maximum atomic E-state index is 12.1. The fourth-order valence-corrected chi connectivity index (χ4v) is 4.21. The van der Waals surface area contributed by atoms with Crippen LogP contribution in [0.25, 0.3) is 17.2 Å². The monoisotopic (exact) mass is 386 g/mol. The number of carbonyl (C=O) groups excluding carboxylic acids is 1. The van der Waals surface area contributed by atoms with E-state index in [-0.39, 0.29) is 5.92 Å². The number of ether oxygens (including phenoxy) is 1. The molecule has 1 aliphatic rings. The third-order valence-corrected chi connectivity index (χ3v) is 5.68. The van der Waals surface area contributed by atoms with Crippen molar-refractivity contribution in [3.8, 4) is 17.2 Å². The Balaban J connectivity index is 1.33. The van der Waals surface area contributed by atoms with Gasteiger partial charge in [0, 0.05) is 17.3 Å². The molecule has 4 nitrogen and oxygen atoms in total. The van der Waals surface area contributed by atoms with Crippen molar-refractivity contribution in [3.05, 3.63) is 87.6 Å². The van der Waals surface area contributed by atoms with Gasteiger partial charge >= 0.3 is 6.09 Å². The van der Waals surface area contributed by atoms with E-state index in [9.17, 15) is 4.79 Å². The number of thiophene rings is 1. The van der Waals surface area contributed by atoms with Crippen LogP contribution in [-0.4, -0.2) is 19.2 Å². The largest absolute Gasteiger partial charge is 0.449 e. The third-order valence-electron chi connectivity index (χ3n) is 4.73. The summed E-state index contributed by atoms with van der Waals surface area (Å²) in [7, 11) is 0. The van der Waals surface area contributed by atoms with E-state index in [1.807, 2.05) is 42.5 Å². The van der Waals surface area contributed by atoms with Gasteiger partial charge in [0.05, 0.1) is 0 Å². The highest BCUT2D eigenvalue weighted by Crippen LogP contribution is 2.44. The number of benzene rings is 2. The molecule has 28 heavy (non-hydrogen) atoms. The molecular formula is C23H18N2O2S. The van der Waals surface area contributed by atoms with E-state index >= 15 is 0 Å². The van der Waals surface area contributed by atoms with Gasteiger partial charge in [-0.3, -0.25) is 0 Å². The minimum absolute atomic E-state index is 0.0595. The van der Waals surface area contributed by atoms with E-state index in [0.717, 1.165) is 4.88 Å². The number of nitrogens with zero attached hydrogens (tertiary/aromatic N) is 1. The normalized spacial score (nSPS) is 12.4. The molecule has 1 aromatic heterocycles. The number of hydrogen-bond acceptors (Lipinski definition) is 4. The molecular weight excluding hydrogens is 368 g/mol. The summed E-state index contributed by atoms with van der Waals surface area (Å²) >= 11 is 1.41. The Bertz CT molecular complexity index is 1030. The second kappa shape index (κ2) is 8.12. The summed E-state index contributed by atoms with van der Waals surface area (Å²) in [4.78, 5) is 13.7. The van der Waals surface area contributed by atoms with Gasteiger partial charge in [-0.25, -0.2) is 4.79 Å². The first-order valence-electron chi connectivity index (χ1n) is 9.01. The quantitative estimate of drug-likeness (QED) is 0.658. The molecule has 1 amide bonds. The van der Waals surface area contributed by atoms with Gasteiger partial charge in [0.25, 0.3) is 0 Å². The van der Waals surface area contributed by atoms with E-state index in [1.165, 1.54) is 33.6 Å². The molecule has 1 N–H and O–H groups in total. The fourth-order valence-electron chi connectivity index (χ4n) is 3.47. The van der Waals surface area contributed by atoms with Crippen LogP contribution in [0.1, 0.15) is 26.8 Å². The molecule has 0 fully saturated rings. The molecule has 0 atom stereocenters. The van der Waals surface area contributed by atoms with Crippen LogP contribution in [0.2, 0.25) is 0 Å². The number of rotatable bonds is 5. The molecule has 1 aliphatic carbocycles. The molecule has 5 heteroatoms. The van der Waals surface area contributed by atoms with Crippen molar-refractivity contribution in [2.75, 3.05) is 13.2 Å². The summed E-state index contributed by atoms with van der Waals surface area (Å²) in [6, 6.07) is 22.3. The lowest BCUT2D eigenvalue weighted by molar-refractivity contribution is 0.144. The zero-order valence-corrected chi connectivity index (χ0v) is 15.9.